The standard InChI is InChI=1S/C16H21FN2OS/c17-13-8-6-12(7-9-13)16(20)19(11-10-15(18)21)14-4-2-1-3-5-14/h6-9,14H,1-5,10-11H2,(H2,18,21). The molecule has 1 fully saturated rings. The second-order valence-electron chi connectivity index (χ2n) is 5.51. The molecule has 0 heterocycles. The average molecular weight is 308 g/mol. The number of carbonyl (C=O) groups excluding carboxylic acids is 1. The summed E-state index contributed by atoms with van der Waals surface area (Å²) in [6.07, 6.45) is 6.08. The summed E-state index contributed by atoms with van der Waals surface area (Å²) in [6.45, 7) is 0.538. The van der Waals surface area contributed by atoms with E-state index in [1.54, 1.807) is 0 Å². The zero-order valence-electron chi connectivity index (χ0n) is 12.1. The van der Waals surface area contributed by atoms with Crippen molar-refractivity contribution in [3.05, 3.63) is 35.6 Å². The van der Waals surface area contributed by atoms with Gasteiger partial charge >= 0.3 is 0 Å². The largest absolute Gasteiger partial charge is 0.393 e. The van der Waals surface area contributed by atoms with Gasteiger partial charge in [0, 0.05) is 24.6 Å². The number of nitrogens with two attached hydrogens (primary N) is 1. The molecule has 1 saturated carbocycles. The van der Waals surface area contributed by atoms with Gasteiger partial charge in [0.1, 0.15) is 5.82 Å². The van der Waals surface area contributed by atoms with Crippen LogP contribution in [0.1, 0.15) is 48.9 Å². The Morgan fingerprint density at radius 2 is 1.86 bits per heavy atom. The second-order valence-corrected chi connectivity index (χ2v) is 6.04. The van der Waals surface area contributed by atoms with Crippen molar-refractivity contribution in [1.29, 1.82) is 0 Å². The Bertz CT molecular complexity index is 498. The molecule has 0 saturated heterocycles. The lowest BCUT2D eigenvalue weighted by molar-refractivity contribution is 0.0641. The van der Waals surface area contributed by atoms with Crippen LogP contribution < -0.4 is 5.73 Å². The van der Waals surface area contributed by atoms with Crippen LogP contribution in [0.2, 0.25) is 0 Å². The molecular weight excluding hydrogens is 287 g/mol. The Hall–Kier alpha value is -1.49. The fourth-order valence-electron chi connectivity index (χ4n) is 2.83. The lowest BCUT2D eigenvalue weighted by Gasteiger charge is -2.34. The number of nitrogens with zero attached hydrogens (tertiary/aromatic N) is 1. The van der Waals surface area contributed by atoms with E-state index < -0.39 is 0 Å². The Labute approximate surface area is 130 Å². The molecule has 21 heavy (non-hydrogen) atoms. The number of benzene rings is 1. The lowest BCUT2D eigenvalue weighted by atomic mass is 9.93. The van der Waals surface area contributed by atoms with Gasteiger partial charge in [-0.25, -0.2) is 4.39 Å². The highest BCUT2D eigenvalue weighted by Crippen LogP contribution is 2.24. The van der Waals surface area contributed by atoms with Crippen molar-refractivity contribution in [1.82, 2.24) is 4.90 Å². The molecule has 1 aliphatic carbocycles. The van der Waals surface area contributed by atoms with Gasteiger partial charge in [0.05, 0.1) is 4.99 Å². The molecule has 1 amide bonds. The van der Waals surface area contributed by atoms with Gasteiger partial charge in [0.15, 0.2) is 0 Å². The molecule has 0 unspecified atom stereocenters. The molecule has 3 nitrogen and oxygen atoms in total. The number of hydrogen-bond donors (Lipinski definition) is 1. The molecule has 1 aliphatic rings. The molecule has 1 aromatic rings. The number of rotatable bonds is 5. The van der Waals surface area contributed by atoms with E-state index in [-0.39, 0.29) is 17.8 Å². The molecule has 5 heteroatoms. The van der Waals surface area contributed by atoms with E-state index in [1.807, 2.05) is 4.90 Å². The lowest BCUT2D eigenvalue weighted by Crippen LogP contribution is -2.43. The summed E-state index contributed by atoms with van der Waals surface area (Å²) in [4.78, 5) is 15.0. The third-order valence-electron chi connectivity index (χ3n) is 3.97. The highest BCUT2D eigenvalue weighted by Gasteiger charge is 2.26. The van der Waals surface area contributed by atoms with Crippen molar-refractivity contribution in [2.75, 3.05) is 6.54 Å². The van der Waals surface area contributed by atoms with Crippen LogP contribution in [0.5, 0.6) is 0 Å². The SMILES string of the molecule is NC(=S)CCN(C(=O)c1ccc(F)cc1)C1CCCCC1. The predicted molar refractivity (Wildman–Crippen MR) is 85.7 cm³/mol. The van der Waals surface area contributed by atoms with Gasteiger partial charge in [0.2, 0.25) is 0 Å². The molecular formula is C16H21FN2OS. The maximum atomic E-state index is 13.0. The van der Waals surface area contributed by atoms with Crippen molar-refractivity contribution in [2.24, 2.45) is 5.73 Å². The maximum absolute atomic E-state index is 13.0. The molecule has 2 N–H and O–H groups in total. The Kier molecular flexibility index (Phi) is 5.67. The first-order valence-corrected chi connectivity index (χ1v) is 7.83. The van der Waals surface area contributed by atoms with E-state index in [0.29, 0.717) is 23.5 Å². The molecule has 0 bridgehead atoms. The van der Waals surface area contributed by atoms with Crippen LogP contribution >= 0.6 is 12.2 Å². The molecule has 1 aromatic carbocycles. The normalized spacial score (nSPS) is 15.7. The van der Waals surface area contributed by atoms with Crippen LogP contribution in [-0.2, 0) is 0 Å². The van der Waals surface area contributed by atoms with Crippen molar-refractivity contribution < 1.29 is 9.18 Å². The van der Waals surface area contributed by atoms with Crippen molar-refractivity contribution in [2.45, 2.75) is 44.6 Å². The van der Waals surface area contributed by atoms with Gasteiger partial charge < -0.3 is 10.6 Å². The van der Waals surface area contributed by atoms with Crippen LogP contribution in [0.15, 0.2) is 24.3 Å². The summed E-state index contributed by atoms with van der Waals surface area (Å²) in [5.41, 5.74) is 6.09. The number of halogens is 1. The molecule has 2 rings (SSSR count). The summed E-state index contributed by atoms with van der Waals surface area (Å²) in [6, 6.07) is 5.95. The van der Waals surface area contributed by atoms with Gasteiger partial charge in [-0.1, -0.05) is 31.5 Å². The van der Waals surface area contributed by atoms with Crippen molar-refractivity contribution in [3.63, 3.8) is 0 Å². The van der Waals surface area contributed by atoms with Crippen LogP contribution in [0, 0.1) is 5.82 Å². The van der Waals surface area contributed by atoms with Crippen LogP contribution in [0.3, 0.4) is 0 Å². The highest BCUT2D eigenvalue weighted by atomic mass is 32.1. The van der Waals surface area contributed by atoms with Crippen LogP contribution in [0.4, 0.5) is 4.39 Å². The zero-order valence-corrected chi connectivity index (χ0v) is 12.9. The third kappa shape index (κ3) is 4.49. The van der Waals surface area contributed by atoms with Crippen molar-refractivity contribution in [3.8, 4) is 0 Å². The molecule has 114 valence electrons. The number of hydrogen-bond acceptors (Lipinski definition) is 2. The summed E-state index contributed by atoms with van der Waals surface area (Å²) in [5, 5.41) is 0. The molecule has 0 radical (unpaired) electrons. The first kappa shape index (κ1) is 15.9. The second kappa shape index (κ2) is 7.50. The van der Waals surface area contributed by atoms with E-state index in [1.165, 1.54) is 30.7 Å². The van der Waals surface area contributed by atoms with Crippen LogP contribution in [0.25, 0.3) is 0 Å². The van der Waals surface area contributed by atoms with Gasteiger partial charge in [-0.05, 0) is 37.1 Å². The van der Waals surface area contributed by atoms with Crippen LogP contribution in [-0.4, -0.2) is 28.4 Å². The quantitative estimate of drug-likeness (QED) is 0.849. The molecule has 0 aromatic heterocycles. The number of carbonyl (C=O) groups is 1. The van der Waals surface area contributed by atoms with E-state index in [2.05, 4.69) is 0 Å². The summed E-state index contributed by atoms with van der Waals surface area (Å²) >= 11 is 4.93. The van der Waals surface area contributed by atoms with E-state index in [9.17, 15) is 9.18 Å². The summed E-state index contributed by atoms with van der Waals surface area (Å²) < 4.78 is 13.0. The van der Waals surface area contributed by atoms with Gasteiger partial charge in [-0.15, -0.1) is 0 Å². The fraction of sp³-hybridized carbons (Fsp3) is 0.500. The molecule has 0 aliphatic heterocycles. The first-order chi connectivity index (χ1) is 10.1. The minimum absolute atomic E-state index is 0.0573. The number of thiocarbonyl (C=S) groups is 1. The van der Waals surface area contributed by atoms with E-state index in [0.717, 1.165) is 25.7 Å². The Balaban J connectivity index is 2.14. The minimum atomic E-state index is -0.334. The maximum Gasteiger partial charge on any atom is 0.254 e. The van der Waals surface area contributed by atoms with Gasteiger partial charge in [-0.2, -0.15) is 0 Å². The van der Waals surface area contributed by atoms with Gasteiger partial charge in [0.25, 0.3) is 5.91 Å². The smallest absolute Gasteiger partial charge is 0.254 e. The van der Waals surface area contributed by atoms with Gasteiger partial charge in [-0.3, -0.25) is 4.79 Å². The number of amides is 1. The van der Waals surface area contributed by atoms with E-state index >= 15 is 0 Å². The summed E-state index contributed by atoms with van der Waals surface area (Å²) in [5.74, 6) is -0.392. The fourth-order valence-corrected chi connectivity index (χ4v) is 2.92. The Morgan fingerprint density at radius 3 is 2.43 bits per heavy atom. The monoisotopic (exact) mass is 308 g/mol. The third-order valence-corrected chi connectivity index (χ3v) is 4.17. The zero-order chi connectivity index (χ0) is 15.2. The minimum Gasteiger partial charge on any atom is -0.393 e. The summed E-state index contributed by atoms with van der Waals surface area (Å²) in [7, 11) is 0. The van der Waals surface area contributed by atoms with Crippen molar-refractivity contribution >= 4 is 23.1 Å². The molecule has 0 spiro atoms. The Morgan fingerprint density at radius 1 is 1.24 bits per heavy atom. The average Bonchev–Trinajstić information content (AvgIpc) is 2.49. The topological polar surface area (TPSA) is 46.3 Å². The van der Waals surface area contributed by atoms with E-state index in [4.69, 9.17) is 18.0 Å². The highest BCUT2D eigenvalue weighted by molar-refractivity contribution is 7.80. The first-order valence-electron chi connectivity index (χ1n) is 7.43. The molecule has 0 atom stereocenters. The predicted octanol–water partition coefficient (Wildman–Crippen LogP) is 3.28.